The van der Waals surface area contributed by atoms with E-state index in [1.807, 2.05) is 18.2 Å². The minimum atomic E-state index is -0.261. The Hall–Kier alpha value is -4.51. The van der Waals surface area contributed by atoms with Crippen LogP contribution < -0.4 is 16.2 Å². The molecule has 2 aromatic heterocycles. The van der Waals surface area contributed by atoms with Gasteiger partial charge in [0.25, 0.3) is 11.5 Å². The number of aromatic nitrogens is 2. The second-order valence-corrected chi connectivity index (χ2v) is 10.9. The first-order chi connectivity index (χ1) is 19.9. The molecule has 4 bridgehead atoms. The van der Waals surface area contributed by atoms with Gasteiger partial charge in [-0.15, -0.1) is 11.3 Å². The Morgan fingerprint density at radius 1 is 0.951 bits per heavy atom. The maximum atomic E-state index is 13.3. The molecular weight excluding hydrogens is 542 g/mol. The summed E-state index contributed by atoms with van der Waals surface area (Å²) in [5.41, 5.74) is 3.06. The molecule has 3 amide bonds. The van der Waals surface area contributed by atoms with Crippen LogP contribution in [0.2, 0.25) is 0 Å². The highest BCUT2D eigenvalue weighted by Gasteiger charge is 2.17. The molecule has 5 rings (SSSR count). The molecule has 1 aliphatic rings. The molecular formula is C30H31N5O5S. The van der Waals surface area contributed by atoms with E-state index in [2.05, 4.69) is 15.6 Å². The van der Waals surface area contributed by atoms with Gasteiger partial charge in [-0.3, -0.25) is 23.7 Å². The van der Waals surface area contributed by atoms with E-state index in [1.165, 1.54) is 22.2 Å². The van der Waals surface area contributed by atoms with Crippen molar-refractivity contribution in [2.24, 2.45) is 0 Å². The zero-order valence-electron chi connectivity index (χ0n) is 22.5. The summed E-state index contributed by atoms with van der Waals surface area (Å²) in [5.74, 6) is -0.513. The molecule has 10 nitrogen and oxygen atoms in total. The van der Waals surface area contributed by atoms with Gasteiger partial charge in [-0.1, -0.05) is 18.2 Å². The number of hydrogen-bond donors (Lipinski definition) is 3. The van der Waals surface area contributed by atoms with Crippen molar-refractivity contribution in [3.63, 3.8) is 0 Å². The van der Waals surface area contributed by atoms with E-state index in [-0.39, 0.29) is 42.0 Å². The fourth-order valence-electron chi connectivity index (χ4n) is 4.84. The number of rotatable bonds is 2. The lowest BCUT2D eigenvalue weighted by atomic mass is 9.98. The van der Waals surface area contributed by atoms with Crippen molar-refractivity contribution < 1.29 is 19.5 Å². The Balaban J connectivity index is 1.32. The third-order valence-electron chi connectivity index (χ3n) is 7.05. The Kier molecular flexibility index (Phi) is 8.73. The molecule has 2 aromatic carbocycles. The number of fused-ring (bicyclic) bond motifs is 6. The predicted molar refractivity (Wildman–Crippen MR) is 157 cm³/mol. The highest BCUT2D eigenvalue weighted by molar-refractivity contribution is 7.17. The van der Waals surface area contributed by atoms with E-state index < -0.39 is 0 Å². The lowest BCUT2D eigenvalue weighted by molar-refractivity contribution is -0.132. The number of hydrogen-bond acceptors (Lipinski definition) is 7. The van der Waals surface area contributed by atoms with Crippen molar-refractivity contribution in [1.29, 1.82) is 0 Å². The van der Waals surface area contributed by atoms with E-state index in [0.717, 1.165) is 5.56 Å². The monoisotopic (exact) mass is 573 g/mol. The molecule has 0 atom stereocenters. The van der Waals surface area contributed by atoms with Gasteiger partial charge in [-0.25, -0.2) is 4.98 Å². The first-order valence-corrected chi connectivity index (χ1v) is 14.4. The summed E-state index contributed by atoms with van der Waals surface area (Å²) in [7, 11) is 0. The van der Waals surface area contributed by atoms with E-state index in [1.54, 1.807) is 40.6 Å². The lowest BCUT2D eigenvalue weighted by Gasteiger charge is -2.23. The number of nitrogens with one attached hydrogen (secondary N) is 2. The first kappa shape index (κ1) is 28.0. The molecule has 0 spiro atoms. The maximum Gasteiger partial charge on any atom is 0.271 e. The summed E-state index contributed by atoms with van der Waals surface area (Å²) >= 11 is 1.29. The van der Waals surface area contributed by atoms with Gasteiger partial charge in [0.05, 0.1) is 11.8 Å². The van der Waals surface area contributed by atoms with E-state index >= 15 is 0 Å². The fraction of sp³-hybridized carbons (Fsp3) is 0.300. The molecule has 1 aliphatic heterocycles. The molecule has 3 N–H and O–H groups in total. The van der Waals surface area contributed by atoms with Crippen LogP contribution in [0.3, 0.4) is 0 Å². The molecule has 0 saturated carbocycles. The summed E-state index contributed by atoms with van der Waals surface area (Å²) in [5, 5.41) is 18.1. The molecule has 0 radical (unpaired) electrons. The van der Waals surface area contributed by atoms with Crippen LogP contribution in [0.15, 0.2) is 65.0 Å². The molecule has 0 saturated heterocycles. The van der Waals surface area contributed by atoms with Crippen LogP contribution in [-0.2, 0) is 22.6 Å². The normalized spacial score (nSPS) is 15.4. The number of aromatic hydroxyl groups is 1. The fourth-order valence-corrected chi connectivity index (χ4v) is 5.63. The Morgan fingerprint density at radius 2 is 1.78 bits per heavy atom. The third-order valence-corrected chi connectivity index (χ3v) is 7.94. The third kappa shape index (κ3) is 6.80. The number of nitrogens with zero attached hydrogens (tertiary/aromatic N) is 3. The van der Waals surface area contributed by atoms with Crippen LogP contribution in [0.4, 0.5) is 0 Å². The van der Waals surface area contributed by atoms with Crippen molar-refractivity contribution in [3.8, 4) is 16.9 Å². The molecule has 0 fully saturated rings. The minimum Gasteiger partial charge on any atom is -0.507 e. The molecule has 212 valence electrons. The van der Waals surface area contributed by atoms with Crippen LogP contribution in [0.1, 0.15) is 35.2 Å². The largest absolute Gasteiger partial charge is 0.507 e. The lowest BCUT2D eigenvalue weighted by Crippen LogP contribution is -2.39. The number of benzene rings is 2. The molecule has 4 aromatic rings. The van der Waals surface area contributed by atoms with Gasteiger partial charge >= 0.3 is 0 Å². The predicted octanol–water partition coefficient (Wildman–Crippen LogP) is 2.93. The van der Waals surface area contributed by atoms with Gasteiger partial charge in [0.1, 0.15) is 17.0 Å². The minimum absolute atomic E-state index is 0.111. The molecule has 41 heavy (non-hydrogen) atoms. The number of carbonyl (C=O) groups excluding carboxylic acids is 3. The van der Waals surface area contributed by atoms with Gasteiger partial charge in [0.2, 0.25) is 11.8 Å². The SMILES string of the molecule is O=C1CCCN(C(=O)Cn2cnc3ccsc3c2=O)CCCNC(=O)c2cccc(c2)-c2cc(ccc2O)CCN1. The highest BCUT2D eigenvalue weighted by Crippen LogP contribution is 2.30. The van der Waals surface area contributed by atoms with E-state index in [9.17, 15) is 24.3 Å². The number of thiophene rings is 1. The van der Waals surface area contributed by atoms with Crippen molar-refractivity contribution >= 4 is 39.3 Å². The summed E-state index contributed by atoms with van der Waals surface area (Å²) in [6, 6.07) is 14.1. The van der Waals surface area contributed by atoms with Crippen LogP contribution in [0.25, 0.3) is 21.3 Å². The van der Waals surface area contributed by atoms with Crippen LogP contribution in [0.5, 0.6) is 5.75 Å². The van der Waals surface area contributed by atoms with Crippen LogP contribution >= 0.6 is 11.3 Å². The number of phenolic OH excluding ortho intramolecular Hbond substituents is 1. The number of phenols is 1. The maximum absolute atomic E-state index is 13.3. The quantitative estimate of drug-likeness (QED) is 0.338. The summed E-state index contributed by atoms with van der Waals surface area (Å²) in [4.78, 5) is 57.4. The summed E-state index contributed by atoms with van der Waals surface area (Å²) in [6.07, 6.45) is 3.15. The van der Waals surface area contributed by atoms with Crippen molar-refractivity contribution in [1.82, 2.24) is 25.1 Å². The van der Waals surface area contributed by atoms with Crippen molar-refractivity contribution in [2.75, 3.05) is 26.2 Å². The molecule has 11 heteroatoms. The second kappa shape index (κ2) is 12.8. The zero-order valence-corrected chi connectivity index (χ0v) is 23.3. The number of carbonyl (C=O) groups is 3. The van der Waals surface area contributed by atoms with Crippen LogP contribution in [0, 0.1) is 0 Å². The summed E-state index contributed by atoms with van der Waals surface area (Å²) in [6.45, 7) is 1.29. The van der Waals surface area contributed by atoms with Crippen molar-refractivity contribution in [3.05, 3.63) is 81.7 Å². The Morgan fingerprint density at radius 3 is 2.66 bits per heavy atom. The summed E-state index contributed by atoms with van der Waals surface area (Å²) < 4.78 is 1.81. The molecule has 0 aliphatic carbocycles. The van der Waals surface area contributed by atoms with Crippen LogP contribution in [-0.4, -0.2) is 63.5 Å². The van der Waals surface area contributed by atoms with Crippen molar-refractivity contribution in [2.45, 2.75) is 32.2 Å². The van der Waals surface area contributed by atoms with E-state index in [4.69, 9.17) is 0 Å². The first-order valence-electron chi connectivity index (χ1n) is 13.6. The number of amides is 3. The Labute approximate surface area is 240 Å². The second-order valence-electron chi connectivity index (χ2n) is 9.94. The highest BCUT2D eigenvalue weighted by atomic mass is 32.1. The van der Waals surface area contributed by atoms with Gasteiger partial charge in [0, 0.05) is 43.7 Å². The van der Waals surface area contributed by atoms with Gasteiger partial charge in [0.15, 0.2) is 0 Å². The molecule has 3 heterocycles. The Bertz CT molecular complexity index is 1650. The topological polar surface area (TPSA) is 134 Å². The van der Waals surface area contributed by atoms with E-state index in [0.29, 0.717) is 72.3 Å². The van der Waals surface area contributed by atoms with Gasteiger partial charge in [-0.2, -0.15) is 0 Å². The molecule has 0 unspecified atom stereocenters. The average molecular weight is 574 g/mol. The van der Waals surface area contributed by atoms with Gasteiger partial charge < -0.3 is 20.6 Å². The smallest absolute Gasteiger partial charge is 0.271 e. The standard InChI is InChI=1S/C30H31N5O5S/c36-25-8-7-20-9-12-31-26(37)6-2-13-34(27(38)18-35-19-33-24-10-15-41-28(24)30(35)40)14-3-11-32-29(39)22-5-1-4-21(17-22)23(25)16-20/h1,4-5,7-8,10,15-17,19,36H,2-3,6,9,11-14,18H2,(H,31,37)(H,32,39). The van der Waals surface area contributed by atoms with Gasteiger partial charge in [-0.05, 0) is 66.1 Å². The zero-order chi connectivity index (χ0) is 28.8. The average Bonchev–Trinajstić information content (AvgIpc) is 3.46.